The van der Waals surface area contributed by atoms with Crippen molar-refractivity contribution in [1.29, 1.82) is 0 Å². The highest BCUT2D eigenvalue weighted by Gasteiger charge is 2.10. The molecule has 2 N–H and O–H groups in total. The number of rotatable bonds is 6. The van der Waals surface area contributed by atoms with Crippen molar-refractivity contribution in [3.8, 4) is 0 Å². The van der Waals surface area contributed by atoms with Gasteiger partial charge in [0, 0.05) is 13.1 Å². The van der Waals surface area contributed by atoms with E-state index in [1.54, 1.807) is 24.1 Å². The Morgan fingerprint density at radius 3 is 2.75 bits per heavy atom. The van der Waals surface area contributed by atoms with Gasteiger partial charge in [-0.3, -0.25) is 15.0 Å². The van der Waals surface area contributed by atoms with Crippen LogP contribution < -0.4 is 10.6 Å². The molecule has 0 aromatic heterocycles. The smallest absolute Gasteiger partial charge is 0.321 e. The van der Waals surface area contributed by atoms with E-state index >= 15 is 0 Å². The Morgan fingerprint density at radius 2 is 2.10 bits per heavy atom. The highest BCUT2D eigenvalue weighted by atomic mass is 19.1. The maximum Gasteiger partial charge on any atom is 0.321 e. The predicted molar refractivity (Wildman–Crippen MR) is 74.6 cm³/mol. The lowest BCUT2D eigenvalue weighted by Crippen LogP contribution is -2.43. The number of amides is 3. The number of nitrogens with one attached hydrogen (secondary N) is 2. The molecule has 0 saturated heterocycles. The molecule has 0 bridgehead atoms. The predicted octanol–water partition coefficient (Wildman–Crippen LogP) is 1.49. The molecular weight excluding hydrogens is 261 g/mol. The highest BCUT2D eigenvalue weighted by molar-refractivity contribution is 5.95. The van der Waals surface area contributed by atoms with Crippen LogP contribution in [-0.4, -0.2) is 37.0 Å². The van der Waals surface area contributed by atoms with Gasteiger partial charge >= 0.3 is 6.03 Å². The molecule has 1 aromatic rings. The van der Waals surface area contributed by atoms with Crippen molar-refractivity contribution >= 4 is 11.9 Å². The quantitative estimate of drug-likeness (QED) is 0.830. The van der Waals surface area contributed by atoms with E-state index < -0.39 is 11.9 Å². The molecule has 0 radical (unpaired) electrons. The van der Waals surface area contributed by atoms with E-state index in [0.717, 1.165) is 12.0 Å². The summed E-state index contributed by atoms with van der Waals surface area (Å²) in [6.07, 6.45) is 0.807. The molecule has 3 amide bonds. The Kier molecular flexibility index (Phi) is 6.66. The SMILES string of the molecule is CCCNC(=O)NC(=O)CN(C)Cc1cccc(F)c1. The minimum atomic E-state index is -0.490. The first-order chi connectivity index (χ1) is 9.51. The molecule has 6 heteroatoms. The van der Waals surface area contributed by atoms with Crippen molar-refractivity contribution in [3.63, 3.8) is 0 Å². The molecule has 0 fully saturated rings. The number of halogens is 1. The first-order valence-electron chi connectivity index (χ1n) is 6.52. The molecule has 0 aliphatic heterocycles. The number of urea groups is 1. The van der Waals surface area contributed by atoms with E-state index in [9.17, 15) is 14.0 Å². The van der Waals surface area contributed by atoms with Crippen LogP contribution in [0.3, 0.4) is 0 Å². The molecule has 0 atom stereocenters. The third-order valence-electron chi connectivity index (χ3n) is 2.54. The van der Waals surface area contributed by atoms with E-state index in [-0.39, 0.29) is 12.4 Å². The average molecular weight is 281 g/mol. The van der Waals surface area contributed by atoms with Gasteiger partial charge in [-0.1, -0.05) is 19.1 Å². The van der Waals surface area contributed by atoms with Crippen LogP contribution in [0.25, 0.3) is 0 Å². The molecular formula is C14H20FN3O2. The van der Waals surface area contributed by atoms with Crippen molar-refractivity contribution < 1.29 is 14.0 Å². The molecule has 5 nitrogen and oxygen atoms in total. The minimum absolute atomic E-state index is 0.0655. The van der Waals surface area contributed by atoms with Crippen LogP contribution in [0.5, 0.6) is 0 Å². The van der Waals surface area contributed by atoms with E-state index in [2.05, 4.69) is 10.6 Å². The fourth-order valence-electron chi connectivity index (χ4n) is 1.70. The second-order valence-corrected chi connectivity index (χ2v) is 4.61. The van der Waals surface area contributed by atoms with Crippen LogP contribution >= 0.6 is 0 Å². The molecule has 0 unspecified atom stereocenters. The van der Waals surface area contributed by atoms with Crippen LogP contribution in [-0.2, 0) is 11.3 Å². The van der Waals surface area contributed by atoms with Gasteiger partial charge in [0.1, 0.15) is 5.82 Å². The Bertz CT molecular complexity index is 465. The summed E-state index contributed by atoms with van der Waals surface area (Å²) in [6.45, 7) is 2.95. The topological polar surface area (TPSA) is 61.4 Å². The van der Waals surface area contributed by atoms with Crippen LogP contribution in [0.2, 0.25) is 0 Å². The van der Waals surface area contributed by atoms with Crippen molar-refractivity contribution in [3.05, 3.63) is 35.6 Å². The van der Waals surface area contributed by atoms with Crippen LogP contribution in [0, 0.1) is 5.82 Å². The largest absolute Gasteiger partial charge is 0.338 e. The minimum Gasteiger partial charge on any atom is -0.338 e. The number of likely N-dealkylation sites (N-methyl/N-ethyl adjacent to an activating group) is 1. The van der Waals surface area contributed by atoms with Gasteiger partial charge in [0.25, 0.3) is 0 Å². The Labute approximate surface area is 118 Å². The summed E-state index contributed by atoms with van der Waals surface area (Å²) in [5, 5.41) is 4.79. The molecule has 0 saturated carbocycles. The third-order valence-corrected chi connectivity index (χ3v) is 2.54. The summed E-state index contributed by atoms with van der Waals surface area (Å²) in [7, 11) is 1.73. The van der Waals surface area contributed by atoms with E-state index in [1.165, 1.54) is 12.1 Å². The summed E-state index contributed by atoms with van der Waals surface area (Å²) >= 11 is 0. The van der Waals surface area contributed by atoms with Crippen LogP contribution in [0.4, 0.5) is 9.18 Å². The number of carbonyl (C=O) groups excluding carboxylic acids is 2. The van der Waals surface area contributed by atoms with E-state index in [1.807, 2.05) is 6.92 Å². The van der Waals surface area contributed by atoms with Gasteiger partial charge in [-0.2, -0.15) is 0 Å². The summed E-state index contributed by atoms with van der Waals surface area (Å²) < 4.78 is 13.0. The third kappa shape index (κ3) is 6.29. The first-order valence-corrected chi connectivity index (χ1v) is 6.52. The highest BCUT2D eigenvalue weighted by Crippen LogP contribution is 2.05. The van der Waals surface area contributed by atoms with Gasteiger partial charge in [-0.25, -0.2) is 9.18 Å². The normalized spacial score (nSPS) is 10.4. The van der Waals surface area contributed by atoms with Crippen LogP contribution in [0.1, 0.15) is 18.9 Å². The second kappa shape index (κ2) is 8.27. The standard InChI is InChI=1S/C14H20FN3O2/c1-3-7-16-14(20)17-13(19)10-18(2)9-11-5-4-6-12(15)8-11/h4-6,8H,3,7,9-10H2,1-2H3,(H2,16,17,19,20). The van der Waals surface area contributed by atoms with Crippen molar-refractivity contribution in [2.24, 2.45) is 0 Å². The maximum atomic E-state index is 13.0. The van der Waals surface area contributed by atoms with Crippen molar-refractivity contribution in [2.75, 3.05) is 20.1 Å². The first kappa shape index (κ1) is 16.1. The van der Waals surface area contributed by atoms with Gasteiger partial charge in [0.2, 0.25) is 5.91 Å². The summed E-state index contributed by atoms with van der Waals surface area (Å²) in [6, 6.07) is 5.70. The maximum absolute atomic E-state index is 13.0. The number of carbonyl (C=O) groups is 2. The van der Waals surface area contributed by atoms with Gasteiger partial charge in [-0.15, -0.1) is 0 Å². The molecule has 20 heavy (non-hydrogen) atoms. The fourth-order valence-corrected chi connectivity index (χ4v) is 1.70. The summed E-state index contributed by atoms with van der Waals surface area (Å²) in [5.41, 5.74) is 0.774. The van der Waals surface area contributed by atoms with Gasteiger partial charge in [0.05, 0.1) is 6.54 Å². The molecule has 0 spiro atoms. The zero-order chi connectivity index (χ0) is 15.0. The van der Waals surface area contributed by atoms with Crippen molar-refractivity contribution in [1.82, 2.24) is 15.5 Å². The Balaban J connectivity index is 2.36. The zero-order valence-corrected chi connectivity index (χ0v) is 11.8. The fraction of sp³-hybridized carbons (Fsp3) is 0.429. The molecule has 0 aliphatic carbocycles. The van der Waals surface area contributed by atoms with Gasteiger partial charge in [-0.05, 0) is 31.2 Å². The molecule has 110 valence electrons. The number of hydrogen-bond donors (Lipinski definition) is 2. The van der Waals surface area contributed by atoms with E-state index in [4.69, 9.17) is 0 Å². The zero-order valence-electron chi connectivity index (χ0n) is 11.8. The van der Waals surface area contributed by atoms with Gasteiger partial charge in [0.15, 0.2) is 0 Å². The number of hydrogen-bond acceptors (Lipinski definition) is 3. The lowest BCUT2D eigenvalue weighted by molar-refractivity contribution is -0.120. The Hall–Kier alpha value is -1.95. The van der Waals surface area contributed by atoms with Gasteiger partial charge < -0.3 is 5.32 Å². The Morgan fingerprint density at radius 1 is 1.35 bits per heavy atom. The average Bonchev–Trinajstić information content (AvgIpc) is 2.35. The van der Waals surface area contributed by atoms with Crippen molar-refractivity contribution in [2.45, 2.75) is 19.9 Å². The molecule has 1 aromatic carbocycles. The lowest BCUT2D eigenvalue weighted by atomic mass is 10.2. The lowest BCUT2D eigenvalue weighted by Gasteiger charge is -2.16. The molecule has 0 heterocycles. The van der Waals surface area contributed by atoms with Crippen LogP contribution in [0.15, 0.2) is 24.3 Å². The molecule has 0 aliphatic rings. The number of imide groups is 1. The monoisotopic (exact) mass is 281 g/mol. The number of nitrogens with zero attached hydrogens (tertiary/aromatic N) is 1. The summed E-state index contributed by atoms with van der Waals surface area (Å²) in [5.74, 6) is -0.697. The number of benzene rings is 1. The second-order valence-electron chi connectivity index (χ2n) is 4.61. The summed E-state index contributed by atoms with van der Waals surface area (Å²) in [4.78, 5) is 24.6. The molecule has 1 rings (SSSR count). The van der Waals surface area contributed by atoms with E-state index in [0.29, 0.717) is 13.1 Å².